The van der Waals surface area contributed by atoms with E-state index in [4.69, 9.17) is 0 Å². The lowest BCUT2D eigenvalue weighted by molar-refractivity contribution is 0.876. The van der Waals surface area contributed by atoms with Crippen LogP contribution in [0.5, 0.6) is 0 Å². The number of aryl methyl sites for hydroxylation is 1. The van der Waals surface area contributed by atoms with Crippen LogP contribution in [0.4, 0.5) is 10.8 Å². The average Bonchev–Trinajstić information content (AvgIpc) is 2.87. The summed E-state index contributed by atoms with van der Waals surface area (Å²) in [6.07, 6.45) is 0. The molecule has 9 heteroatoms. The molecule has 0 aliphatic heterocycles. The van der Waals surface area contributed by atoms with Crippen LogP contribution in [0, 0.1) is 6.92 Å². The van der Waals surface area contributed by atoms with Crippen LogP contribution in [-0.2, 0) is 0 Å². The Bertz CT molecular complexity index is 900. The quantitative estimate of drug-likeness (QED) is 0.567. The summed E-state index contributed by atoms with van der Waals surface area (Å²) in [4.78, 5) is 16.8. The molecule has 2 heterocycles. The molecular weight excluding hydrogens is 422 g/mol. The first-order valence-electron chi connectivity index (χ1n) is 5.78. The number of hydrogen-bond donors (Lipinski definition) is 0. The normalized spacial score (nSPS) is 11.6. The van der Waals surface area contributed by atoms with Crippen LogP contribution in [0.3, 0.4) is 0 Å². The van der Waals surface area contributed by atoms with Gasteiger partial charge in [0.1, 0.15) is 4.47 Å². The van der Waals surface area contributed by atoms with E-state index in [0.717, 1.165) is 4.47 Å². The van der Waals surface area contributed by atoms with Gasteiger partial charge in [-0.25, -0.2) is 4.98 Å². The minimum Gasteiger partial charge on any atom is -0.266 e. The van der Waals surface area contributed by atoms with Crippen molar-refractivity contribution in [1.82, 2.24) is 14.6 Å². The van der Waals surface area contributed by atoms with Crippen LogP contribution < -0.4 is 5.56 Å². The van der Waals surface area contributed by atoms with E-state index in [2.05, 4.69) is 52.2 Å². The largest absolute Gasteiger partial charge is 0.289 e. The highest BCUT2D eigenvalue weighted by molar-refractivity contribution is 9.10. The highest BCUT2D eigenvalue weighted by Crippen LogP contribution is 2.24. The fraction of sp³-hybridized carbons (Fsp3) is 0.0833. The summed E-state index contributed by atoms with van der Waals surface area (Å²) in [5.74, 6) is 0. The van der Waals surface area contributed by atoms with Crippen LogP contribution in [-0.4, -0.2) is 14.6 Å². The minimum atomic E-state index is -0.251. The van der Waals surface area contributed by atoms with Crippen molar-refractivity contribution in [2.75, 3.05) is 0 Å². The lowest BCUT2D eigenvalue weighted by atomic mass is 10.3. The predicted molar refractivity (Wildman–Crippen MR) is 87.9 cm³/mol. The van der Waals surface area contributed by atoms with E-state index >= 15 is 0 Å². The Morgan fingerprint density at radius 3 is 2.62 bits per heavy atom. The number of fused-ring (bicyclic) bond motifs is 1. The molecule has 3 rings (SSSR count). The zero-order chi connectivity index (χ0) is 15.0. The molecular formula is C12H7Br2N5OS. The van der Waals surface area contributed by atoms with E-state index in [9.17, 15) is 4.79 Å². The molecule has 0 aliphatic rings. The van der Waals surface area contributed by atoms with Gasteiger partial charge in [0.25, 0.3) is 10.7 Å². The second-order valence-electron chi connectivity index (χ2n) is 4.07. The molecule has 0 saturated carbocycles. The third-order valence-corrected chi connectivity index (χ3v) is 4.82. The fourth-order valence-electron chi connectivity index (χ4n) is 1.57. The van der Waals surface area contributed by atoms with Gasteiger partial charge < -0.3 is 0 Å². The molecule has 0 radical (unpaired) electrons. The lowest BCUT2D eigenvalue weighted by Crippen LogP contribution is -2.16. The second-order valence-corrected chi connectivity index (χ2v) is 6.71. The van der Waals surface area contributed by atoms with Gasteiger partial charge in [0.05, 0.1) is 11.4 Å². The zero-order valence-corrected chi connectivity index (χ0v) is 14.6. The summed E-state index contributed by atoms with van der Waals surface area (Å²) in [6, 6.07) is 7.40. The number of azo groups is 1. The molecule has 0 fully saturated rings. The van der Waals surface area contributed by atoms with Gasteiger partial charge in [-0.1, -0.05) is 27.3 Å². The third kappa shape index (κ3) is 2.94. The van der Waals surface area contributed by atoms with E-state index in [1.54, 1.807) is 6.92 Å². The van der Waals surface area contributed by atoms with Gasteiger partial charge in [-0.15, -0.1) is 15.3 Å². The SMILES string of the molecule is Cc1nc2sc(N=Nc3ccc(Br)cc3)nn2c(=O)c1Br. The zero-order valence-electron chi connectivity index (χ0n) is 10.6. The molecule has 106 valence electrons. The predicted octanol–water partition coefficient (Wildman–Crippen LogP) is 4.40. The number of hydrogen-bond acceptors (Lipinski definition) is 6. The Labute approximate surface area is 139 Å². The molecule has 0 unspecified atom stereocenters. The monoisotopic (exact) mass is 427 g/mol. The van der Waals surface area contributed by atoms with Crippen molar-refractivity contribution in [2.24, 2.45) is 10.2 Å². The molecule has 21 heavy (non-hydrogen) atoms. The van der Waals surface area contributed by atoms with Crippen molar-refractivity contribution in [2.45, 2.75) is 6.92 Å². The minimum absolute atomic E-state index is 0.251. The summed E-state index contributed by atoms with van der Waals surface area (Å²) < 4.78 is 2.59. The Kier molecular flexibility index (Phi) is 3.96. The van der Waals surface area contributed by atoms with Crippen LogP contribution in [0.15, 0.2) is 48.2 Å². The maximum atomic E-state index is 12.0. The molecule has 1 aromatic carbocycles. The highest BCUT2D eigenvalue weighted by atomic mass is 79.9. The summed E-state index contributed by atoms with van der Waals surface area (Å²) in [5.41, 5.74) is 1.08. The Morgan fingerprint density at radius 2 is 1.90 bits per heavy atom. The topological polar surface area (TPSA) is 72.0 Å². The van der Waals surface area contributed by atoms with Crippen molar-refractivity contribution in [1.29, 1.82) is 0 Å². The van der Waals surface area contributed by atoms with Crippen LogP contribution >= 0.6 is 43.2 Å². The maximum Gasteiger partial charge on any atom is 0.289 e. The Hall–Kier alpha value is -1.45. The van der Waals surface area contributed by atoms with E-state index in [1.165, 1.54) is 15.9 Å². The standard InChI is InChI=1S/C12H7Br2N5OS/c1-6-9(14)10(20)19-12(15-6)21-11(18-19)17-16-8-4-2-7(13)3-5-8/h2-5H,1H3. The van der Waals surface area contributed by atoms with Gasteiger partial charge in [0.2, 0.25) is 4.96 Å². The van der Waals surface area contributed by atoms with Crippen LogP contribution in [0.1, 0.15) is 5.69 Å². The third-order valence-electron chi connectivity index (χ3n) is 2.59. The molecule has 0 aliphatic carbocycles. The van der Waals surface area contributed by atoms with Gasteiger partial charge in [0.15, 0.2) is 0 Å². The molecule has 0 atom stereocenters. The summed E-state index contributed by atoms with van der Waals surface area (Å²) in [5, 5.41) is 12.6. The number of nitrogens with zero attached hydrogens (tertiary/aromatic N) is 5. The van der Waals surface area contributed by atoms with Crippen molar-refractivity contribution >= 4 is 59.0 Å². The number of benzene rings is 1. The van der Waals surface area contributed by atoms with Crippen molar-refractivity contribution < 1.29 is 0 Å². The number of aromatic nitrogens is 3. The van der Waals surface area contributed by atoms with E-state index in [1.807, 2.05) is 24.3 Å². The fourth-order valence-corrected chi connectivity index (χ4v) is 2.85. The molecule has 0 spiro atoms. The molecule has 0 N–H and O–H groups in total. The first-order valence-corrected chi connectivity index (χ1v) is 8.18. The van der Waals surface area contributed by atoms with Crippen molar-refractivity contribution in [3.63, 3.8) is 0 Å². The molecule has 0 bridgehead atoms. The van der Waals surface area contributed by atoms with Gasteiger partial charge in [-0.2, -0.15) is 4.52 Å². The summed E-state index contributed by atoms with van der Waals surface area (Å²) >= 11 is 7.76. The first-order chi connectivity index (χ1) is 10.0. The lowest BCUT2D eigenvalue weighted by Gasteiger charge is -1.94. The number of rotatable bonds is 2. The summed E-state index contributed by atoms with van der Waals surface area (Å²) in [6.45, 7) is 1.76. The van der Waals surface area contributed by atoms with E-state index in [-0.39, 0.29) is 5.56 Å². The Morgan fingerprint density at radius 1 is 1.19 bits per heavy atom. The Balaban J connectivity index is 2.00. The van der Waals surface area contributed by atoms with Crippen LogP contribution in [0.2, 0.25) is 0 Å². The van der Waals surface area contributed by atoms with Crippen molar-refractivity contribution in [3.8, 4) is 0 Å². The maximum absolute atomic E-state index is 12.0. The van der Waals surface area contributed by atoms with Gasteiger partial charge in [-0.05, 0) is 47.1 Å². The van der Waals surface area contributed by atoms with Crippen LogP contribution in [0.25, 0.3) is 4.96 Å². The molecule has 0 amide bonds. The van der Waals surface area contributed by atoms with Crippen molar-refractivity contribution in [3.05, 3.63) is 49.3 Å². The van der Waals surface area contributed by atoms with Gasteiger partial charge >= 0.3 is 0 Å². The second kappa shape index (κ2) is 5.74. The molecule has 3 aromatic rings. The molecule has 0 saturated heterocycles. The van der Waals surface area contributed by atoms with Gasteiger partial charge in [0, 0.05) is 4.47 Å². The summed E-state index contributed by atoms with van der Waals surface area (Å²) in [7, 11) is 0. The molecule has 2 aromatic heterocycles. The van der Waals surface area contributed by atoms with E-state index < -0.39 is 0 Å². The average molecular weight is 429 g/mol. The highest BCUT2D eigenvalue weighted by Gasteiger charge is 2.11. The van der Waals surface area contributed by atoms with Gasteiger partial charge in [-0.3, -0.25) is 4.79 Å². The molecule has 6 nitrogen and oxygen atoms in total. The smallest absolute Gasteiger partial charge is 0.266 e. The first kappa shape index (κ1) is 14.5. The number of halogens is 2. The van der Waals surface area contributed by atoms with E-state index in [0.29, 0.717) is 25.9 Å².